The molecule has 0 spiro atoms. The van der Waals surface area contributed by atoms with E-state index >= 15 is 0 Å². The molecule has 2 heterocycles. The van der Waals surface area contributed by atoms with Gasteiger partial charge in [-0.1, -0.05) is 29.9 Å². The van der Waals surface area contributed by atoms with Gasteiger partial charge in [-0.05, 0) is 6.54 Å². The molecule has 0 unspecified atom stereocenters. The van der Waals surface area contributed by atoms with Crippen molar-refractivity contribution in [3.8, 4) is 5.13 Å². The third-order valence-electron chi connectivity index (χ3n) is 1.73. The van der Waals surface area contributed by atoms with Crippen LogP contribution in [0.3, 0.4) is 0 Å². The summed E-state index contributed by atoms with van der Waals surface area (Å²) >= 11 is 7.26. The summed E-state index contributed by atoms with van der Waals surface area (Å²) in [6, 6.07) is 0. The summed E-state index contributed by atoms with van der Waals surface area (Å²) in [4.78, 5) is 0. The Morgan fingerprint density at radius 2 is 2.40 bits per heavy atom. The molecule has 7 heteroatoms. The molecule has 0 radical (unpaired) electrons. The van der Waals surface area contributed by atoms with Gasteiger partial charge in [-0.15, -0.1) is 10.2 Å². The number of halogens is 1. The highest BCUT2D eigenvalue weighted by Crippen LogP contribution is 2.15. The van der Waals surface area contributed by atoms with Crippen LogP contribution in [-0.4, -0.2) is 26.5 Å². The molecular formula is C8H10ClN5S. The van der Waals surface area contributed by atoms with Crippen molar-refractivity contribution in [1.82, 2.24) is 25.3 Å². The summed E-state index contributed by atoms with van der Waals surface area (Å²) in [5.41, 5.74) is 0. The van der Waals surface area contributed by atoms with Gasteiger partial charge in [0.05, 0.1) is 17.4 Å². The fourth-order valence-corrected chi connectivity index (χ4v) is 1.92. The molecule has 0 aliphatic rings. The molecule has 0 saturated heterocycles. The fourth-order valence-electron chi connectivity index (χ4n) is 1.05. The molecule has 80 valence electrons. The van der Waals surface area contributed by atoms with Gasteiger partial charge >= 0.3 is 0 Å². The zero-order valence-electron chi connectivity index (χ0n) is 8.14. The third-order valence-corrected chi connectivity index (χ3v) is 2.84. The molecule has 0 atom stereocenters. The molecule has 0 aliphatic carbocycles. The molecule has 15 heavy (non-hydrogen) atoms. The van der Waals surface area contributed by atoms with Crippen LogP contribution in [0.2, 0.25) is 5.02 Å². The smallest absolute Gasteiger partial charge is 0.232 e. The summed E-state index contributed by atoms with van der Waals surface area (Å²) in [5, 5.41) is 17.6. The zero-order valence-corrected chi connectivity index (χ0v) is 9.72. The lowest BCUT2D eigenvalue weighted by atomic mass is 10.6. The second kappa shape index (κ2) is 4.69. The van der Waals surface area contributed by atoms with Crippen molar-refractivity contribution in [2.75, 3.05) is 6.54 Å². The van der Waals surface area contributed by atoms with E-state index in [0.717, 1.165) is 23.2 Å². The van der Waals surface area contributed by atoms with Crippen molar-refractivity contribution in [1.29, 1.82) is 0 Å². The van der Waals surface area contributed by atoms with Crippen molar-refractivity contribution in [2.24, 2.45) is 0 Å². The second-order valence-corrected chi connectivity index (χ2v) is 4.34. The lowest BCUT2D eigenvalue weighted by Crippen LogP contribution is -2.11. The zero-order chi connectivity index (χ0) is 10.7. The van der Waals surface area contributed by atoms with Gasteiger partial charge in [-0.25, -0.2) is 4.68 Å². The van der Waals surface area contributed by atoms with E-state index in [-0.39, 0.29) is 0 Å². The molecular weight excluding hydrogens is 234 g/mol. The molecule has 0 aliphatic heterocycles. The molecule has 0 bridgehead atoms. The first-order valence-electron chi connectivity index (χ1n) is 4.53. The summed E-state index contributed by atoms with van der Waals surface area (Å²) < 4.78 is 1.62. The van der Waals surface area contributed by atoms with Gasteiger partial charge in [0.15, 0.2) is 0 Å². The largest absolute Gasteiger partial charge is 0.311 e. The van der Waals surface area contributed by atoms with Crippen molar-refractivity contribution in [2.45, 2.75) is 13.5 Å². The average molecular weight is 244 g/mol. The van der Waals surface area contributed by atoms with E-state index < -0.39 is 0 Å². The lowest BCUT2D eigenvalue weighted by Gasteiger charge is -1.93. The van der Waals surface area contributed by atoms with Crippen LogP contribution in [0.5, 0.6) is 0 Å². The third kappa shape index (κ3) is 2.53. The highest BCUT2D eigenvalue weighted by Gasteiger charge is 2.06. The number of hydrogen-bond acceptors (Lipinski definition) is 5. The van der Waals surface area contributed by atoms with Crippen LogP contribution in [0, 0.1) is 0 Å². The van der Waals surface area contributed by atoms with Gasteiger partial charge in [0, 0.05) is 6.54 Å². The molecule has 2 aromatic heterocycles. The maximum Gasteiger partial charge on any atom is 0.232 e. The maximum absolute atomic E-state index is 5.76. The van der Waals surface area contributed by atoms with Crippen LogP contribution in [0.25, 0.3) is 5.13 Å². The highest BCUT2D eigenvalue weighted by molar-refractivity contribution is 7.13. The highest BCUT2D eigenvalue weighted by atomic mass is 35.5. The maximum atomic E-state index is 5.76. The van der Waals surface area contributed by atoms with Crippen LogP contribution >= 0.6 is 22.9 Å². The number of nitrogens with one attached hydrogen (secondary N) is 1. The minimum absolute atomic E-state index is 0.596. The Morgan fingerprint density at radius 1 is 1.53 bits per heavy atom. The Balaban J connectivity index is 2.13. The molecule has 2 rings (SSSR count). The van der Waals surface area contributed by atoms with Crippen LogP contribution in [-0.2, 0) is 6.54 Å². The van der Waals surface area contributed by atoms with Gasteiger partial charge < -0.3 is 5.32 Å². The Labute approximate surface area is 96.1 Å². The van der Waals surface area contributed by atoms with Gasteiger partial charge in [0.2, 0.25) is 5.13 Å². The van der Waals surface area contributed by atoms with E-state index in [1.54, 1.807) is 17.1 Å². The number of hydrogen-bond donors (Lipinski definition) is 1. The topological polar surface area (TPSA) is 55.6 Å². The Morgan fingerprint density at radius 3 is 3.07 bits per heavy atom. The first kappa shape index (κ1) is 10.5. The molecule has 5 nitrogen and oxygen atoms in total. The Kier molecular flexibility index (Phi) is 3.30. The minimum atomic E-state index is 0.596. The quantitative estimate of drug-likeness (QED) is 0.884. The fraction of sp³-hybridized carbons (Fsp3) is 0.375. The number of nitrogens with zero attached hydrogens (tertiary/aromatic N) is 4. The summed E-state index contributed by atoms with van der Waals surface area (Å²) in [6.45, 7) is 3.71. The SMILES string of the molecule is CCNCc1nnc(-n2cc(Cl)cn2)s1. The van der Waals surface area contributed by atoms with Gasteiger partial charge in [-0.2, -0.15) is 5.10 Å². The van der Waals surface area contributed by atoms with Crippen LogP contribution < -0.4 is 5.32 Å². The summed E-state index contributed by atoms with van der Waals surface area (Å²) in [6.07, 6.45) is 3.28. The first-order chi connectivity index (χ1) is 7.29. The monoisotopic (exact) mass is 243 g/mol. The molecule has 0 amide bonds. The molecule has 0 fully saturated rings. The van der Waals surface area contributed by atoms with E-state index in [2.05, 4.69) is 27.5 Å². The molecule has 0 saturated carbocycles. The molecule has 2 aromatic rings. The number of aromatic nitrogens is 4. The normalized spacial score (nSPS) is 10.8. The molecule has 0 aromatic carbocycles. The summed E-state index contributed by atoms with van der Waals surface area (Å²) in [7, 11) is 0. The van der Waals surface area contributed by atoms with Gasteiger partial charge in [-0.3, -0.25) is 0 Å². The summed E-state index contributed by atoms with van der Waals surface area (Å²) in [5.74, 6) is 0. The molecule has 1 N–H and O–H groups in total. The van der Waals surface area contributed by atoms with E-state index in [1.807, 2.05) is 0 Å². The predicted molar refractivity (Wildman–Crippen MR) is 59.4 cm³/mol. The van der Waals surface area contributed by atoms with E-state index in [4.69, 9.17) is 11.6 Å². The van der Waals surface area contributed by atoms with Gasteiger partial charge in [0.25, 0.3) is 0 Å². The van der Waals surface area contributed by atoms with Crippen LogP contribution in [0.15, 0.2) is 12.4 Å². The number of rotatable bonds is 4. The minimum Gasteiger partial charge on any atom is -0.311 e. The standard InChI is InChI=1S/C8H10ClN5S/c1-2-10-4-7-12-13-8(15-7)14-5-6(9)3-11-14/h3,5,10H,2,4H2,1H3. The first-order valence-corrected chi connectivity index (χ1v) is 5.72. The van der Waals surface area contributed by atoms with E-state index in [9.17, 15) is 0 Å². The van der Waals surface area contributed by atoms with Crippen molar-refractivity contribution >= 4 is 22.9 Å². The van der Waals surface area contributed by atoms with E-state index in [0.29, 0.717) is 5.02 Å². The Bertz CT molecular complexity index is 438. The Hall–Kier alpha value is -0.980. The van der Waals surface area contributed by atoms with E-state index in [1.165, 1.54) is 11.3 Å². The van der Waals surface area contributed by atoms with Crippen molar-refractivity contribution < 1.29 is 0 Å². The van der Waals surface area contributed by atoms with Gasteiger partial charge in [0.1, 0.15) is 5.01 Å². The van der Waals surface area contributed by atoms with Crippen LogP contribution in [0.4, 0.5) is 0 Å². The lowest BCUT2D eigenvalue weighted by molar-refractivity contribution is 0.713. The van der Waals surface area contributed by atoms with Crippen molar-refractivity contribution in [3.05, 3.63) is 22.4 Å². The predicted octanol–water partition coefficient (Wildman–Crippen LogP) is 1.49. The second-order valence-electron chi connectivity index (χ2n) is 2.86. The van der Waals surface area contributed by atoms with Crippen molar-refractivity contribution in [3.63, 3.8) is 0 Å². The van der Waals surface area contributed by atoms with Crippen LogP contribution in [0.1, 0.15) is 11.9 Å². The average Bonchev–Trinajstić information content (AvgIpc) is 2.83.